The molecular formula is C12H18N4O3. The molecule has 19 heavy (non-hydrogen) atoms. The smallest absolute Gasteiger partial charge is 0.231 e. The van der Waals surface area contributed by atoms with E-state index < -0.39 is 17.9 Å². The molecule has 1 unspecified atom stereocenters. The van der Waals surface area contributed by atoms with Gasteiger partial charge < -0.3 is 22.3 Å². The summed E-state index contributed by atoms with van der Waals surface area (Å²) in [6, 6.07) is 6.81. The maximum absolute atomic E-state index is 10.9. The summed E-state index contributed by atoms with van der Waals surface area (Å²) in [5, 5.41) is 10.1. The van der Waals surface area contributed by atoms with E-state index in [4.69, 9.17) is 17.2 Å². The Hall–Kier alpha value is -2.12. The molecule has 0 aromatic heterocycles. The minimum Gasteiger partial charge on any atom is -0.398 e. The molecular weight excluding hydrogens is 248 g/mol. The topological polar surface area (TPSA) is 136 Å². The van der Waals surface area contributed by atoms with Gasteiger partial charge in [-0.1, -0.05) is 18.2 Å². The monoisotopic (exact) mass is 266 g/mol. The number of primary amides is 2. The number of aliphatic hydroxyl groups excluding tert-OH is 1. The highest BCUT2D eigenvalue weighted by Gasteiger charge is 2.18. The summed E-state index contributed by atoms with van der Waals surface area (Å²) in [6.45, 7) is -0.278. The molecule has 1 rings (SSSR count). The second-order valence-electron chi connectivity index (χ2n) is 4.25. The van der Waals surface area contributed by atoms with Crippen LogP contribution in [-0.4, -0.2) is 41.5 Å². The molecule has 7 heteroatoms. The van der Waals surface area contributed by atoms with E-state index in [0.717, 1.165) is 0 Å². The van der Waals surface area contributed by atoms with Crippen LogP contribution in [0.2, 0.25) is 0 Å². The number of nitrogen functional groups attached to an aromatic ring is 1. The average molecular weight is 266 g/mol. The molecule has 0 radical (unpaired) electrons. The number of anilines is 1. The molecule has 0 bridgehead atoms. The minimum atomic E-state index is -0.931. The van der Waals surface area contributed by atoms with E-state index in [-0.39, 0.29) is 19.6 Å². The van der Waals surface area contributed by atoms with Crippen LogP contribution in [0.5, 0.6) is 0 Å². The summed E-state index contributed by atoms with van der Waals surface area (Å²) in [7, 11) is 0. The van der Waals surface area contributed by atoms with Crippen LogP contribution >= 0.6 is 0 Å². The molecule has 0 fully saturated rings. The third-order valence-electron chi connectivity index (χ3n) is 2.55. The summed E-state index contributed by atoms with van der Waals surface area (Å²) >= 11 is 0. The number of benzene rings is 1. The SMILES string of the molecule is NC(=O)CN(CC(N)=O)CC(O)c1ccccc1N. The van der Waals surface area contributed by atoms with Gasteiger partial charge in [-0.05, 0) is 6.07 Å². The van der Waals surface area contributed by atoms with Crippen LogP contribution in [0.4, 0.5) is 5.69 Å². The molecule has 0 aliphatic heterocycles. The normalized spacial score (nSPS) is 12.3. The van der Waals surface area contributed by atoms with E-state index in [2.05, 4.69) is 0 Å². The van der Waals surface area contributed by atoms with E-state index in [1.807, 2.05) is 0 Å². The fraction of sp³-hybridized carbons (Fsp3) is 0.333. The molecule has 2 amide bonds. The van der Waals surface area contributed by atoms with E-state index in [0.29, 0.717) is 11.3 Å². The zero-order valence-corrected chi connectivity index (χ0v) is 10.5. The first kappa shape index (κ1) is 14.9. The molecule has 104 valence electrons. The van der Waals surface area contributed by atoms with Gasteiger partial charge in [0.15, 0.2) is 0 Å². The van der Waals surface area contributed by atoms with Gasteiger partial charge in [0, 0.05) is 17.8 Å². The fourth-order valence-electron chi connectivity index (χ4n) is 1.78. The average Bonchev–Trinajstić information content (AvgIpc) is 2.27. The lowest BCUT2D eigenvalue weighted by Crippen LogP contribution is -2.41. The molecule has 0 saturated heterocycles. The van der Waals surface area contributed by atoms with Crippen molar-refractivity contribution in [2.45, 2.75) is 6.10 Å². The quantitative estimate of drug-likeness (QED) is 0.449. The summed E-state index contributed by atoms with van der Waals surface area (Å²) in [5.74, 6) is -1.20. The molecule has 0 heterocycles. The van der Waals surface area contributed by atoms with E-state index in [1.165, 1.54) is 4.90 Å². The van der Waals surface area contributed by atoms with E-state index in [9.17, 15) is 14.7 Å². The number of nitrogens with zero attached hydrogens (tertiary/aromatic N) is 1. The molecule has 1 aromatic carbocycles. The first-order valence-electron chi connectivity index (χ1n) is 5.71. The maximum Gasteiger partial charge on any atom is 0.231 e. The largest absolute Gasteiger partial charge is 0.398 e. The van der Waals surface area contributed by atoms with Gasteiger partial charge in [-0.15, -0.1) is 0 Å². The third-order valence-corrected chi connectivity index (χ3v) is 2.55. The zero-order valence-electron chi connectivity index (χ0n) is 10.5. The number of hydrogen-bond donors (Lipinski definition) is 4. The second-order valence-corrected chi connectivity index (χ2v) is 4.25. The Labute approximate surface area is 111 Å². The lowest BCUT2D eigenvalue weighted by atomic mass is 10.1. The predicted molar refractivity (Wildman–Crippen MR) is 70.6 cm³/mol. The second kappa shape index (κ2) is 6.72. The highest BCUT2D eigenvalue weighted by atomic mass is 16.3. The van der Waals surface area contributed by atoms with Gasteiger partial charge in [-0.3, -0.25) is 14.5 Å². The van der Waals surface area contributed by atoms with Crippen molar-refractivity contribution in [2.24, 2.45) is 11.5 Å². The van der Waals surface area contributed by atoms with Crippen LogP contribution in [0.1, 0.15) is 11.7 Å². The summed E-state index contributed by atoms with van der Waals surface area (Å²) in [4.78, 5) is 23.2. The van der Waals surface area contributed by atoms with Gasteiger partial charge >= 0.3 is 0 Å². The van der Waals surface area contributed by atoms with Crippen LogP contribution in [0.15, 0.2) is 24.3 Å². The van der Waals surface area contributed by atoms with Crippen LogP contribution in [-0.2, 0) is 9.59 Å². The zero-order chi connectivity index (χ0) is 14.4. The van der Waals surface area contributed by atoms with E-state index >= 15 is 0 Å². The Balaban J connectivity index is 2.75. The lowest BCUT2D eigenvalue weighted by Gasteiger charge is -2.23. The van der Waals surface area contributed by atoms with Crippen molar-refractivity contribution in [1.29, 1.82) is 0 Å². The van der Waals surface area contributed by atoms with Gasteiger partial charge in [-0.2, -0.15) is 0 Å². The Morgan fingerprint density at radius 3 is 2.16 bits per heavy atom. The number of rotatable bonds is 7. The van der Waals surface area contributed by atoms with Crippen molar-refractivity contribution in [3.63, 3.8) is 0 Å². The van der Waals surface area contributed by atoms with Gasteiger partial charge in [-0.25, -0.2) is 0 Å². The first-order valence-corrected chi connectivity index (χ1v) is 5.71. The molecule has 1 aromatic rings. The molecule has 0 spiro atoms. The summed E-state index contributed by atoms with van der Waals surface area (Å²) < 4.78 is 0. The van der Waals surface area contributed by atoms with Gasteiger partial charge in [0.25, 0.3) is 0 Å². The number of hydrogen-bond acceptors (Lipinski definition) is 5. The predicted octanol–water partition coefficient (Wildman–Crippen LogP) is -1.43. The minimum absolute atomic E-state index is 0.0418. The summed E-state index contributed by atoms with van der Waals surface area (Å²) in [5.41, 5.74) is 16.9. The highest BCUT2D eigenvalue weighted by molar-refractivity contribution is 5.79. The Bertz CT molecular complexity index is 448. The lowest BCUT2D eigenvalue weighted by molar-refractivity contribution is -0.122. The van der Waals surface area contributed by atoms with Gasteiger partial charge in [0.05, 0.1) is 19.2 Å². The number of aliphatic hydroxyl groups is 1. The highest BCUT2D eigenvalue weighted by Crippen LogP contribution is 2.20. The maximum atomic E-state index is 10.9. The molecule has 0 aliphatic carbocycles. The van der Waals surface area contributed by atoms with Crippen LogP contribution < -0.4 is 17.2 Å². The van der Waals surface area contributed by atoms with Crippen molar-refractivity contribution in [3.8, 4) is 0 Å². The van der Waals surface area contributed by atoms with Crippen molar-refractivity contribution in [1.82, 2.24) is 4.90 Å². The van der Waals surface area contributed by atoms with Crippen LogP contribution in [0.3, 0.4) is 0 Å². The van der Waals surface area contributed by atoms with E-state index in [1.54, 1.807) is 24.3 Å². The number of carbonyl (C=O) groups is 2. The molecule has 7 N–H and O–H groups in total. The van der Waals surface area contributed by atoms with Crippen molar-refractivity contribution >= 4 is 17.5 Å². The van der Waals surface area contributed by atoms with Crippen molar-refractivity contribution < 1.29 is 14.7 Å². The third kappa shape index (κ3) is 4.94. The van der Waals surface area contributed by atoms with Gasteiger partial charge in [0.1, 0.15) is 0 Å². The number of amides is 2. The molecule has 7 nitrogen and oxygen atoms in total. The first-order chi connectivity index (χ1) is 8.90. The fourth-order valence-corrected chi connectivity index (χ4v) is 1.78. The molecule has 1 atom stereocenters. The van der Waals surface area contributed by atoms with Crippen molar-refractivity contribution in [2.75, 3.05) is 25.4 Å². The number of para-hydroxylation sites is 1. The number of carbonyl (C=O) groups excluding carboxylic acids is 2. The number of nitrogens with two attached hydrogens (primary N) is 3. The van der Waals surface area contributed by atoms with Crippen LogP contribution in [0, 0.1) is 0 Å². The Morgan fingerprint density at radius 2 is 1.68 bits per heavy atom. The Kier molecular flexibility index (Phi) is 5.28. The Morgan fingerprint density at radius 1 is 1.16 bits per heavy atom. The standard InChI is InChI=1S/C12H18N4O3/c13-9-4-2-1-3-8(9)10(17)5-16(6-11(14)18)7-12(15)19/h1-4,10,17H,5-7,13H2,(H2,14,18)(H2,15,19). The molecule has 0 saturated carbocycles. The van der Waals surface area contributed by atoms with Gasteiger partial charge in [0.2, 0.25) is 11.8 Å². The van der Waals surface area contributed by atoms with Crippen LogP contribution in [0.25, 0.3) is 0 Å². The molecule has 0 aliphatic rings. The van der Waals surface area contributed by atoms with Crippen molar-refractivity contribution in [3.05, 3.63) is 29.8 Å². The summed E-state index contributed by atoms with van der Waals surface area (Å²) in [6.07, 6.45) is -0.931.